The molecule has 0 radical (unpaired) electrons. The summed E-state index contributed by atoms with van der Waals surface area (Å²) >= 11 is 0. The van der Waals surface area contributed by atoms with Gasteiger partial charge in [0.2, 0.25) is 0 Å². The molecule has 1 heterocycles. The van der Waals surface area contributed by atoms with Gasteiger partial charge in [0, 0.05) is 19.5 Å². The maximum absolute atomic E-state index is 12.8. The minimum atomic E-state index is -0.199. The van der Waals surface area contributed by atoms with Crippen molar-refractivity contribution in [3.63, 3.8) is 0 Å². The molecule has 4 heteroatoms. The molecule has 0 spiro atoms. The van der Waals surface area contributed by atoms with Crippen molar-refractivity contribution in [3.05, 3.63) is 71.3 Å². The van der Waals surface area contributed by atoms with E-state index in [0.717, 1.165) is 47.5 Å². The van der Waals surface area contributed by atoms with E-state index in [1.165, 1.54) is 0 Å². The van der Waals surface area contributed by atoms with E-state index >= 15 is 0 Å². The fourth-order valence-electron chi connectivity index (χ4n) is 3.41. The van der Waals surface area contributed by atoms with Crippen LogP contribution in [0.15, 0.2) is 60.2 Å². The summed E-state index contributed by atoms with van der Waals surface area (Å²) in [5.74, 6) is 0.619. The molecule has 0 bridgehead atoms. The summed E-state index contributed by atoms with van der Waals surface area (Å²) in [5.41, 5.74) is 4.12. The quantitative estimate of drug-likeness (QED) is 0.696. The van der Waals surface area contributed by atoms with Crippen molar-refractivity contribution in [2.24, 2.45) is 0 Å². The number of esters is 1. The zero-order valence-electron chi connectivity index (χ0n) is 16.1. The SMILES string of the molecule is CCN1CCC(c2ccccc2)=C(C(=O)OCCc2cccc(OC)c2)C1. The standard InChI is InChI=1S/C23H27NO3/c1-3-24-14-12-21(19-9-5-4-6-10-19)22(17-24)23(25)27-15-13-18-8-7-11-20(16-18)26-2/h4-11,16H,3,12-15,17H2,1-2H3. The van der Waals surface area contributed by atoms with Crippen molar-refractivity contribution in [2.75, 3.05) is 33.4 Å². The van der Waals surface area contributed by atoms with E-state index < -0.39 is 0 Å². The number of ether oxygens (including phenoxy) is 2. The van der Waals surface area contributed by atoms with Gasteiger partial charge in [-0.1, -0.05) is 49.4 Å². The Morgan fingerprint density at radius 1 is 1.11 bits per heavy atom. The predicted octanol–water partition coefficient (Wildman–Crippen LogP) is 3.96. The molecular formula is C23H27NO3. The lowest BCUT2D eigenvalue weighted by atomic mass is 9.93. The highest BCUT2D eigenvalue weighted by Crippen LogP contribution is 2.28. The monoisotopic (exact) mass is 365 g/mol. The molecule has 2 aromatic carbocycles. The number of likely N-dealkylation sites (N-methyl/N-ethyl adjacent to an activating group) is 1. The lowest BCUT2D eigenvalue weighted by Gasteiger charge is -2.29. The molecule has 0 saturated heterocycles. The van der Waals surface area contributed by atoms with Crippen LogP contribution in [0, 0.1) is 0 Å². The average molecular weight is 365 g/mol. The van der Waals surface area contributed by atoms with E-state index in [-0.39, 0.29) is 5.97 Å². The molecule has 4 nitrogen and oxygen atoms in total. The van der Waals surface area contributed by atoms with Gasteiger partial charge in [-0.2, -0.15) is 0 Å². The number of carbonyl (C=O) groups is 1. The minimum absolute atomic E-state index is 0.199. The molecule has 0 N–H and O–H groups in total. The zero-order chi connectivity index (χ0) is 19.1. The third kappa shape index (κ3) is 4.98. The molecule has 142 valence electrons. The first-order valence-corrected chi connectivity index (χ1v) is 9.51. The minimum Gasteiger partial charge on any atom is -0.497 e. The van der Waals surface area contributed by atoms with Crippen molar-refractivity contribution in [1.82, 2.24) is 4.90 Å². The molecule has 27 heavy (non-hydrogen) atoms. The van der Waals surface area contributed by atoms with Crippen LogP contribution < -0.4 is 4.74 Å². The number of hydrogen-bond acceptors (Lipinski definition) is 4. The van der Waals surface area contributed by atoms with Crippen LogP contribution in [0.25, 0.3) is 5.57 Å². The summed E-state index contributed by atoms with van der Waals surface area (Å²) in [6, 6.07) is 18.0. The van der Waals surface area contributed by atoms with Crippen LogP contribution in [-0.4, -0.2) is 44.2 Å². The third-order valence-corrected chi connectivity index (χ3v) is 5.00. The van der Waals surface area contributed by atoms with Gasteiger partial charge in [0.25, 0.3) is 0 Å². The van der Waals surface area contributed by atoms with Crippen molar-refractivity contribution in [3.8, 4) is 5.75 Å². The smallest absolute Gasteiger partial charge is 0.335 e. The molecule has 1 aliphatic heterocycles. The summed E-state index contributed by atoms with van der Waals surface area (Å²) in [6.07, 6.45) is 1.55. The number of nitrogens with zero attached hydrogens (tertiary/aromatic N) is 1. The van der Waals surface area contributed by atoms with E-state index in [1.54, 1.807) is 7.11 Å². The number of hydrogen-bond donors (Lipinski definition) is 0. The van der Waals surface area contributed by atoms with Crippen molar-refractivity contribution in [1.29, 1.82) is 0 Å². The number of benzene rings is 2. The summed E-state index contributed by atoms with van der Waals surface area (Å²) in [4.78, 5) is 15.1. The Morgan fingerprint density at radius 3 is 2.67 bits per heavy atom. The van der Waals surface area contributed by atoms with Gasteiger partial charge in [0.05, 0.1) is 19.3 Å². The molecule has 0 atom stereocenters. The molecule has 0 unspecified atom stereocenters. The van der Waals surface area contributed by atoms with Gasteiger partial charge in [-0.15, -0.1) is 0 Å². The van der Waals surface area contributed by atoms with Gasteiger partial charge in [-0.25, -0.2) is 4.79 Å². The molecule has 2 aromatic rings. The molecule has 1 aliphatic rings. The molecule has 0 saturated carbocycles. The highest BCUT2D eigenvalue weighted by atomic mass is 16.5. The number of carbonyl (C=O) groups excluding carboxylic acids is 1. The maximum Gasteiger partial charge on any atom is 0.335 e. The Kier molecular flexibility index (Phi) is 6.66. The van der Waals surface area contributed by atoms with E-state index in [2.05, 4.69) is 24.0 Å². The Bertz CT molecular complexity index is 798. The maximum atomic E-state index is 12.8. The molecular weight excluding hydrogens is 338 g/mol. The second kappa shape index (κ2) is 9.38. The lowest BCUT2D eigenvalue weighted by Crippen LogP contribution is -2.34. The van der Waals surface area contributed by atoms with Gasteiger partial charge < -0.3 is 9.47 Å². The van der Waals surface area contributed by atoms with E-state index in [1.807, 2.05) is 42.5 Å². The topological polar surface area (TPSA) is 38.8 Å². The van der Waals surface area contributed by atoms with Crippen LogP contribution in [0.3, 0.4) is 0 Å². The first-order chi connectivity index (χ1) is 13.2. The van der Waals surface area contributed by atoms with E-state index in [0.29, 0.717) is 19.6 Å². The fourth-order valence-corrected chi connectivity index (χ4v) is 3.41. The normalized spacial score (nSPS) is 14.9. The number of rotatable bonds is 7. The Labute approximate surface area is 161 Å². The second-order valence-electron chi connectivity index (χ2n) is 6.68. The van der Waals surface area contributed by atoms with Crippen LogP contribution in [-0.2, 0) is 16.0 Å². The van der Waals surface area contributed by atoms with E-state index in [4.69, 9.17) is 9.47 Å². The van der Waals surface area contributed by atoms with Gasteiger partial charge in [-0.05, 0) is 41.8 Å². The summed E-state index contributed by atoms with van der Waals surface area (Å²) in [7, 11) is 1.65. The largest absolute Gasteiger partial charge is 0.497 e. The predicted molar refractivity (Wildman–Crippen MR) is 108 cm³/mol. The average Bonchev–Trinajstić information content (AvgIpc) is 2.74. The van der Waals surface area contributed by atoms with Crippen LogP contribution >= 0.6 is 0 Å². The van der Waals surface area contributed by atoms with Crippen LogP contribution in [0.5, 0.6) is 5.75 Å². The van der Waals surface area contributed by atoms with Crippen LogP contribution in [0.1, 0.15) is 24.5 Å². The Hall–Kier alpha value is -2.59. The summed E-state index contributed by atoms with van der Waals surface area (Å²) in [6.45, 7) is 5.05. The molecule has 0 amide bonds. The number of methoxy groups -OCH3 is 1. The molecule has 3 rings (SSSR count). The van der Waals surface area contributed by atoms with Crippen molar-refractivity contribution >= 4 is 11.5 Å². The second-order valence-corrected chi connectivity index (χ2v) is 6.68. The van der Waals surface area contributed by atoms with Crippen LogP contribution in [0.4, 0.5) is 0 Å². The van der Waals surface area contributed by atoms with Crippen LogP contribution in [0.2, 0.25) is 0 Å². The molecule has 0 aliphatic carbocycles. The van der Waals surface area contributed by atoms with E-state index in [9.17, 15) is 4.79 Å². The first kappa shape index (κ1) is 19.2. The van der Waals surface area contributed by atoms with Gasteiger partial charge in [0.15, 0.2) is 0 Å². The first-order valence-electron chi connectivity index (χ1n) is 9.51. The van der Waals surface area contributed by atoms with Crippen molar-refractivity contribution < 1.29 is 14.3 Å². The third-order valence-electron chi connectivity index (χ3n) is 5.00. The van der Waals surface area contributed by atoms with Gasteiger partial charge >= 0.3 is 5.97 Å². The molecule has 0 fully saturated rings. The van der Waals surface area contributed by atoms with Gasteiger partial charge in [-0.3, -0.25) is 4.90 Å². The lowest BCUT2D eigenvalue weighted by molar-refractivity contribution is -0.139. The fraction of sp³-hybridized carbons (Fsp3) is 0.348. The Balaban J connectivity index is 1.70. The van der Waals surface area contributed by atoms with Gasteiger partial charge in [0.1, 0.15) is 5.75 Å². The highest BCUT2D eigenvalue weighted by Gasteiger charge is 2.25. The Morgan fingerprint density at radius 2 is 1.93 bits per heavy atom. The summed E-state index contributed by atoms with van der Waals surface area (Å²) < 4.78 is 10.9. The zero-order valence-corrected chi connectivity index (χ0v) is 16.1. The van der Waals surface area contributed by atoms with Crippen molar-refractivity contribution in [2.45, 2.75) is 19.8 Å². The highest BCUT2D eigenvalue weighted by molar-refractivity contribution is 5.98. The summed E-state index contributed by atoms with van der Waals surface area (Å²) in [5, 5.41) is 0. The molecule has 0 aromatic heterocycles.